The molecule has 1 aromatic heterocycles. The molecule has 2 fully saturated rings. The van der Waals surface area contributed by atoms with Crippen molar-refractivity contribution in [1.29, 1.82) is 0 Å². The van der Waals surface area contributed by atoms with E-state index in [0.717, 1.165) is 44.3 Å². The van der Waals surface area contributed by atoms with Crippen molar-refractivity contribution in [2.45, 2.75) is 50.2 Å². The van der Waals surface area contributed by atoms with Crippen LogP contribution in [-0.2, 0) is 12.1 Å². The maximum absolute atomic E-state index is 13.2. The van der Waals surface area contributed by atoms with Crippen LogP contribution in [0.1, 0.15) is 43.7 Å². The van der Waals surface area contributed by atoms with Crippen LogP contribution < -0.4 is 0 Å². The first-order chi connectivity index (χ1) is 14.0. The Labute approximate surface area is 174 Å². The average Bonchev–Trinajstić information content (AvgIpc) is 3.00. The van der Waals surface area contributed by atoms with Crippen LogP contribution in [0.4, 0.5) is 4.79 Å². The molecule has 29 heavy (non-hydrogen) atoms. The lowest BCUT2D eigenvalue weighted by Gasteiger charge is -2.51. The van der Waals surface area contributed by atoms with E-state index in [2.05, 4.69) is 72.2 Å². The fourth-order valence-corrected chi connectivity index (χ4v) is 5.49. The second-order valence-corrected chi connectivity index (χ2v) is 8.76. The molecule has 0 unspecified atom stereocenters. The molecule has 2 amide bonds. The summed E-state index contributed by atoms with van der Waals surface area (Å²) in [6.45, 7) is 4.33. The predicted octanol–water partition coefficient (Wildman–Crippen LogP) is 4.11. The molecule has 1 saturated carbocycles. The van der Waals surface area contributed by atoms with Gasteiger partial charge in [-0.15, -0.1) is 0 Å². The Balaban J connectivity index is 1.56. The Morgan fingerprint density at radius 3 is 2.34 bits per heavy atom. The van der Waals surface area contributed by atoms with Crippen molar-refractivity contribution in [3.05, 3.63) is 66.0 Å². The van der Waals surface area contributed by atoms with E-state index in [-0.39, 0.29) is 17.1 Å². The van der Waals surface area contributed by atoms with E-state index in [1.54, 1.807) is 6.20 Å². The van der Waals surface area contributed by atoms with Crippen LogP contribution in [-0.4, -0.2) is 58.4 Å². The molecule has 1 aliphatic carbocycles. The van der Waals surface area contributed by atoms with Crippen LogP contribution in [0.5, 0.6) is 0 Å². The molecule has 0 atom stereocenters. The number of urea groups is 1. The minimum atomic E-state index is -0.0532. The lowest BCUT2D eigenvalue weighted by molar-refractivity contribution is 0.0261. The van der Waals surface area contributed by atoms with Crippen LogP contribution in [0.25, 0.3) is 0 Å². The topological polar surface area (TPSA) is 39.7 Å². The normalized spacial score (nSPS) is 27.2. The van der Waals surface area contributed by atoms with Crippen molar-refractivity contribution in [2.75, 3.05) is 27.2 Å². The van der Waals surface area contributed by atoms with Gasteiger partial charge in [-0.05, 0) is 63.9 Å². The molecule has 1 spiro atoms. The molecular weight excluding hydrogens is 360 g/mol. The van der Waals surface area contributed by atoms with Crippen LogP contribution in [0.2, 0.25) is 0 Å². The summed E-state index contributed by atoms with van der Waals surface area (Å²) in [5, 5.41) is 0. The highest BCUT2D eigenvalue weighted by molar-refractivity contribution is 5.78. The van der Waals surface area contributed by atoms with E-state index in [1.807, 2.05) is 17.2 Å². The fraction of sp³-hybridized carbons (Fsp3) is 0.500. The zero-order chi connectivity index (χ0) is 20.5. The molecule has 2 heterocycles. The van der Waals surface area contributed by atoms with Gasteiger partial charge in [-0.25, -0.2) is 4.79 Å². The molecule has 0 bridgehead atoms. The van der Waals surface area contributed by atoms with E-state index in [1.165, 1.54) is 5.56 Å². The second-order valence-electron chi connectivity index (χ2n) is 8.76. The summed E-state index contributed by atoms with van der Waals surface area (Å²) >= 11 is 0. The number of rotatable bonds is 5. The minimum Gasteiger partial charge on any atom is -0.318 e. The molecule has 1 aliphatic heterocycles. The number of hydrogen-bond donors (Lipinski definition) is 0. The van der Waals surface area contributed by atoms with Crippen molar-refractivity contribution in [2.24, 2.45) is 0 Å². The van der Waals surface area contributed by atoms with E-state index in [4.69, 9.17) is 0 Å². The molecular formula is C24H32N4O. The van der Waals surface area contributed by atoms with Crippen LogP contribution >= 0.6 is 0 Å². The van der Waals surface area contributed by atoms with Gasteiger partial charge in [0.1, 0.15) is 0 Å². The number of likely N-dealkylation sites (N-methyl/N-ethyl adjacent to an activating group) is 1. The molecule has 0 N–H and O–H groups in total. The summed E-state index contributed by atoms with van der Waals surface area (Å²) in [6.07, 6.45) is 7.83. The number of amides is 2. The summed E-state index contributed by atoms with van der Waals surface area (Å²) in [5.74, 6) is 0. The largest absolute Gasteiger partial charge is 0.320 e. The summed E-state index contributed by atoms with van der Waals surface area (Å²) in [6, 6.07) is 15.0. The number of aromatic nitrogens is 1. The van der Waals surface area contributed by atoms with Gasteiger partial charge in [0.25, 0.3) is 0 Å². The quantitative estimate of drug-likeness (QED) is 0.769. The summed E-state index contributed by atoms with van der Waals surface area (Å²) in [4.78, 5) is 23.9. The number of nitrogens with zero attached hydrogens (tertiary/aromatic N) is 4. The lowest BCUT2D eigenvalue weighted by Crippen LogP contribution is -2.55. The third kappa shape index (κ3) is 3.42. The van der Waals surface area contributed by atoms with Crippen LogP contribution in [0.15, 0.2) is 54.9 Å². The van der Waals surface area contributed by atoms with Crippen molar-refractivity contribution in [1.82, 2.24) is 19.7 Å². The molecule has 154 valence electrons. The molecule has 4 rings (SSSR count). The molecule has 2 aliphatic rings. The van der Waals surface area contributed by atoms with Gasteiger partial charge in [-0.2, -0.15) is 0 Å². The smallest absolute Gasteiger partial charge is 0.318 e. The first-order valence-electron chi connectivity index (χ1n) is 10.7. The third-order valence-electron chi connectivity index (χ3n) is 7.15. The fourth-order valence-electron chi connectivity index (χ4n) is 5.49. The SMILES string of the molecule is CCN1C(=O)N(Cc2cccnc2)CC12CCC(c1ccccc1)(N(C)C)CC2. The third-order valence-corrected chi connectivity index (χ3v) is 7.15. The molecule has 1 saturated heterocycles. The number of carbonyl (C=O) groups excluding carboxylic acids is 1. The van der Waals surface area contributed by atoms with Gasteiger partial charge in [0.05, 0.1) is 5.54 Å². The maximum Gasteiger partial charge on any atom is 0.320 e. The van der Waals surface area contributed by atoms with Gasteiger partial charge in [0, 0.05) is 37.6 Å². The standard InChI is InChI=1S/C24H32N4O/c1-4-28-22(29)27(18-20-9-8-16-25-17-20)19-23(28)12-14-24(15-13-23,26(2)3)21-10-6-5-7-11-21/h5-11,16-17H,4,12-15,18-19H2,1-3H3. The van der Waals surface area contributed by atoms with Crippen molar-refractivity contribution in [3.63, 3.8) is 0 Å². The van der Waals surface area contributed by atoms with Crippen molar-refractivity contribution < 1.29 is 4.79 Å². The van der Waals surface area contributed by atoms with Gasteiger partial charge in [0.15, 0.2) is 0 Å². The summed E-state index contributed by atoms with van der Waals surface area (Å²) < 4.78 is 0. The van der Waals surface area contributed by atoms with E-state index >= 15 is 0 Å². The second kappa shape index (κ2) is 7.79. The van der Waals surface area contributed by atoms with E-state index < -0.39 is 0 Å². The highest BCUT2D eigenvalue weighted by Gasteiger charge is 2.53. The Bertz CT molecular complexity index is 828. The van der Waals surface area contributed by atoms with Gasteiger partial charge >= 0.3 is 6.03 Å². The van der Waals surface area contributed by atoms with Gasteiger partial charge in [0.2, 0.25) is 0 Å². The summed E-state index contributed by atoms with van der Waals surface area (Å²) in [5.41, 5.74) is 2.48. The van der Waals surface area contributed by atoms with Crippen LogP contribution in [0.3, 0.4) is 0 Å². The highest BCUT2D eigenvalue weighted by Crippen LogP contribution is 2.48. The highest BCUT2D eigenvalue weighted by atomic mass is 16.2. The first-order valence-corrected chi connectivity index (χ1v) is 10.7. The zero-order valence-corrected chi connectivity index (χ0v) is 17.8. The molecule has 0 radical (unpaired) electrons. The van der Waals surface area contributed by atoms with Crippen LogP contribution in [0, 0.1) is 0 Å². The first kappa shape index (κ1) is 19.9. The Kier molecular flexibility index (Phi) is 5.34. The van der Waals surface area contributed by atoms with E-state index in [9.17, 15) is 4.79 Å². The number of pyridine rings is 1. The van der Waals surface area contributed by atoms with Gasteiger partial charge < -0.3 is 9.80 Å². The number of hydrogen-bond acceptors (Lipinski definition) is 3. The minimum absolute atomic E-state index is 0.0474. The van der Waals surface area contributed by atoms with Gasteiger partial charge in [-0.1, -0.05) is 36.4 Å². The molecule has 5 nitrogen and oxygen atoms in total. The lowest BCUT2D eigenvalue weighted by atomic mass is 9.68. The number of benzene rings is 1. The monoisotopic (exact) mass is 392 g/mol. The van der Waals surface area contributed by atoms with Gasteiger partial charge in [-0.3, -0.25) is 9.88 Å². The Hall–Kier alpha value is -2.40. The average molecular weight is 393 g/mol. The van der Waals surface area contributed by atoms with E-state index in [0.29, 0.717) is 6.54 Å². The Morgan fingerprint density at radius 2 is 1.76 bits per heavy atom. The maximum atomic E-state index is 13.2. The van der Waals surface area contributed by atoms with Crippen molar-refractivity contribution in [3.8, 4) is 0 Å². The number of carbonyl (C=O) groups is 1. The molecule has 2 aromatic rings. The predicted molar refractivity (Wildman–Crippen MR) is 115 cm³/mol. The zero-order valence-electron chi connectivity index (χ0n) is 17.8. The summed E-state index contributed by atoms with van der Waals surface area (Å²) in [7, 11) is 4.38. The molecule has 1 aromatic carbocycles. The Morgan fingerprint density at radius 1 is 1.03 bits per heavy atom. The van der Waals surface area contributed by atoms with Crippen molar-refractivity contribution >= 4 is 6.03 Å². The molecule has 5 heteroatoms.